The molecule has 1 saturated carbocycles. The Hall–Kier alpha value is -2.42. The number of carbonyl (C=O) groups excluding carboxylic acids is 4. The number of alkyl halides is 2. The van der Waals surface area contributed by atoms with Crippen molar-refractivity contribution in [3.63, 3.8) is 0 Å². The first-order chi connectivity index (χ1) is 14.6. The molecule has 10 heteroatoms. The Kier molecular flexibility index (Phi) is 4.17. The molecule has 4 amide bonds. The number of phenolic OH excluding ortho intramolecular Hbond substituents is 1. The van der Waals surface area contributed by atoms with E-state index in [0.717, 1.165) is 4.90 Å². The van der Waals surface area contributed by atoms with Gasteiger partial charge >= 0.3 is 0 Å². The number of halogens is 2. The van der Waals surface area contributed by atoms with E-state index in [9.17, 15) is 29.5 Å². The van der Waals surface area contributed by atoms with Gasteiger partial charge in [-0.3, -0.25) is 29.3 Å². The van der Waals surface area contributed by atoms with Crippen LogP contribution in [0, 0.1) is 17.8 Å². The molecule has 3 fully saturated rings. The molecule has 4 aliphatic rings. The predicted octanol–water partition coefficient (Wildman–Crippen LogP) is 1.77. The minimum absolute atomic E-state index is 0.123. The van der Waals surface area contributed by atoms with Crippen LogP contribution in [0.15, 0.2) is 35.9 Å². The second-order valence-electron chi connectivity index (χ2n) is 8.55. The fourth-order valence-electron chi connectivity index (χ4n) is 5.80. The molecule has 1 aromatic carbocycles. The van der Waals surface area contributed by atoms with E-state index in [2.05, 4.69) is 0 Å². The standard InChI is InChI=1S/C21H18Cl2N2O6/c1-24-18(29)20(22)8-12-9(6-7-11-14(12)17(28)25(31)16(11)27)15(21(20,23)19(24)30)10-4-2-3-5-13(10)26/h2-6,11-12,14-15,26,31H,7-8H2,1H3/t11-,12+,14-,15+,20+,21-/m0/s1. The lowest BCUT2D eigenvalue weighted by Crippen LogP contribution is -2.60. The summed E-state index contributed by atoms with van der Waals surface area (Å²) in [4.78, 5) is 48.5. The molecule has 2 N–H and O–H groups in total. The topological polar surface area (TPSA) is 115 Å². The summed E-state index contributed by atoms with van der Waals surface area (Å²) in [7, 11) is 1.29. The Morgan fingerprint density at radius 3 is 2.39 bits per heavy atom. The van der Waals surface area contributed by atoms with E-state index in [1.54, 1.807) is 24.3 Å². The average molecular weight is 465 g/mol. The van der Waals surface area contributed by atoms with Gasteiger partial charge in [-0.1, -0.05) is 29.8 Å². The van der Waals surface area contributed by atoms with Crippen molar-refractivity contribution in [2.24, 2.45) is 17.8 Å². The highest BCUT2D eigenvalue weighted by Crippen LogP contribution is 2.65. The summed E-state index contributed by atoms with van der Waals surface area (Å²) in [6.07, 6.45) is 1.73. The SMILES string of the molecule is CN1C(=O)[C@]2(Cl)C[C@@H]3C(=CC[C@@H]4C(=O)N(O)C(=O)[C@@H]43)[C@H](c3ccccc3O)[C@]2(Cl)C1=O. The maximum absolute atomic E-state index is 13.3. The lowest BCUT2D eigenvalue weighted by molar-refractivity contribution is -0.173. The quantitative estimate of drug-likeness (QED) is 0.283. The molecule has 2 aliphatic carbocycles. The van der Waals surface area contributed by atoms with Gasteiger partial charge in [0.2, 0.25) is 0 Å². The summed E-state index contributed by atoms with van der Waals surface area (Å²) in [5.74, 6) is -6.46. The number of phenols is 1. The maximum Gasteiger partial charge on any atom is 0.257 e. The van der Waals surface area contributed by atoms with Crippen molar-refractivity contribution >= 4 is 46.8 Å². The number of rotatable bonds is 1. The number of nitrogens with zero attached hydrogens (tertiary/aromatic N) is 2. The number of aromatic hydroxyl groups is 1. The van der Waals surface area contributed by atoms with E-state index in [0.29, 0.717) is 11.1 Å². The molecular weight excluding hydrogens is 447 g/mol. The van der Waals surface area contributed by atoms with Gasteiger partial charge in [0.1, 0.15) is 5.75 Å². The normalized spacial score (nSPS) is 39.4. The first-order valence-electron chi connectivity index (χ1n) is 9.80. The van der Waals surface area contributed by atoms with Crippen LogP contribution in [0.1, 0.15) is 24.3 Å². The Labute approximate surface area is 187 Å². The zero-order chi connectivity index (χ0) is 22.5. The van der Waals surface area contributed by atoms with Gasteiger partial charge in [-0.05, 0) is 24.8 Å². The third-order valence-electron chi connectivity index (χ3n) is 7.24. The Morgan fingerprint density at radius 1 is 1.03 bits per heavy atom. The minimum Gasteiger partial charge on any atom is -0.508 e. The van der Waals surface area contributed by atoms with E-state index in [1.807, 2.05) is 0 Å². The number of hydroxylamine groups is 2. The van der Waals surface area contributed by atoms with Crippen LogP contribution in [0.25, 0.3) is 0 Å². The van der Waals surface area contributed by atoms with Gasteiger partial charge in [-0.15, -0.1) is 23.2 Å². The van der Waals surface area contributed by atoms with Crippen LogP contribution in [-0.2, 0) is 19.2 Å². The number of likely N-dealkylation sites (tertiary alicyclic amines) is 1. The zero-order valence-electron chi connectivity index (χ0n) is 16.3. The van der Waals surface area contributed by atoms with Crippen LogP contribution in [0.3, 0.4) is 0 Å². The van der Waals surface area contributed by atoms with Gasteiger partial charge in [-0.2, -0.15) is 5.06 Å². The highest BCUT2D eigenvalue weighted by Gasteiger charge is 2.76. The number of carbonyl (C=O) groups is 4. The van der Waals surface area contributed by atoms with E-state index >= 15 is 0 Å². The maximum atomic E-state index is 13.3. The molecule has 2 saturated heterocycles. The molecule has 31 heavy (non-hydrogen) atoms. The van der Waals surface area contributed by atoms with Crippen molar-refractivity contribution in [1.29, 1.82) is 0 Å². The van der Waals surface area contributed by atoms with Gasteiger partial charge in [0, 0.05) is 18.5 Å². The number of hydrogen-bond donors (Lipinski definition) is 2. The molecule has 0 radical (unpaired) electrons. The second-order valence-corrected chi connectivity index (χ2v) is 9.79. The monoisotopic (exact) mass is 464 g/mol. The molecule has 0 bridgehead atoms. The van der Waals surface area contributed by atoms with Crippen molar-refractivity contribution < 1.29 is 29.5 Å². The van der Waals surface area contributed by atoms with Crippen molar-refractivity contribution in [2.75, 3.05) is 7.05 Å². The van der Waals surface area contributed by atoms with Gasteiger partial charge < -0.3 is 5.11 Å². The Balaban J connectivity index is 1.77. The van der Waals surface area contributed by atoms with Gasteiger partial charge in [-0.25, -0.2) is 0 Å². The number of hydrogen-bond acceptors (Lipinski definition) is 6. The van der Waals surface area contributed by atoms with Crippen molar-refractivity contribution in [3.8, 4) is 5.75 Å². The van der Waals surface area contributed by atoms with Gasteiger partial charge in [0.05, 0.1) is 11.8 Å². The van der Waals surface area contributed by atoms with Crippen molar-refractivity contribution in [3.05, 3.63) is 41.5 Å². The molecule has 6 atom stereocenters. The molecular formula is C21H18Cl2N2O6. The van der Waals surface area contributed by atoms with Gasteiger partial charge in [0.15, 0.2) is 9.75 Å². The Morgan fingerprint density at radius 2 is 1.71 bits per heavy atom. The molecule has 0 aromatic heterocycles. The predicted molar refractivity (Wildman–Crippen MR) is 107 cm³/mol. The number of imide groups is 2. The molecule has 5 rings (SSSR count). The zero-order valence-corrected chi connectivity index (χ0v) is 17.8. The molecule has 2 heterocycles. The highest BCUT2D eigenvalue weighted by atomic mass is 35.5. The third kappa shape index (κ3) is 2.25. The summed E-state index contributed by atoms with van der Waals surface area (Å²) in [5.41, 5.74) is 0.855. The third-order valence-corrected chi connectivity index (χ3v) is 8.65. The summed E-state index contributed by atoms with van der Waals surface area (Å²) < 4.78 is 0. The molecule has 0 spiro atoms. The smallest absolute Gasteiger partial charge is 0.257 e. The summed E-state index contributed by atoms with van der Waals surface area (Å²) in [6, 6.07) is 6.29. The number of benzene rings is 1. The summed E-state index contributed by atoms with van der Waals surface area (Å²) >= 11 is 13.8. The van der Waals surface area contributed by atoms with Crippen molar-refractivity contribution in [1.82, 2.24) is 9.96 Å². The van der Waals surface area contributed by atoms with Crippen LogP contribution >= 0.6 is 23.2 Å². The molecule has 1 aromatic rings. The number of fused-ring (bicyclic) bond motifs is 4. The fourth-order valence-corrected chi connectivity index (χ4v) is 6.82. The first kappa shape index (κ1) is 20.5. The van der Waals surface area contributed by atoms with Crippen LogP contribution in [0.2, 0.25) is 0 Å². The lowest BCUT2D eigenvalue weighted by Gasteiger charge is -2.50. The van der Waals surface area contributed by atoms with E-state index in [4.69, 9.17) is 23.2 Å². The van der Waals surface area contributed by atoms with E-state index in [-0.39, 0.29) is 23.7 Å². The molecule has 0 unspecified atom stereocenters. The number of allylic oxidation sites excluding steroid dienone is 2. The van der Waals surface area contributed by atoms with E-state index < -0.39 is 57.0 Å². The van der Waals surface area contributed by atoms with E-state index in [1.165, 1.54) is 13.1 Å². The fraction of sp³-hybridized carbons (Fsp3) is 0.429. The molecule has 2 aliphatic heterocycles. The average Bonchev–Trinajstić information content (AvgIpc) is 3.04. The van der Waals surface area contributed by atoms with Crippen LogP contribution in [0.5, 0.6) is 5.75 Å². The van der Waals surface area contributed by atoms with Crippen molar-refractivity contribution in [2.45, 2.75) is 28.5 Å². The van der Waals surface area contributed by atoms with Crippen LogP contribution < -0.4 is 0 Å². The van der Waals surface area contributed by atoms with Gasteiger partial charge in [0.25, 0.3) is 23.6 Å². The molecule has 8 nitrogen and oxygen atoms in total. The minimum atomic E-state index is -1.93. The largest absolute Gasteiger partial charge is 0.508 e. The van der Waals surface area contributed by atoms with Crippen LogP contribution in [-0.4, -0.2) is 60.7 Å². The lowest BCUT2D eigenvalue weighted by atomic mass is 9.56. The highest BCUT2D eigenvalue weighted by molar-refractivity contribution is 6.53. The number of amides is 4. The van der Waals surface area contributed by atoms with Crippen LogP contribution in [0.4, 0.5) is 0 Å². The molecule has 162 valence electrons. The number of para-hydroxylation sites is 1. The summed E-state index contributed by atoms with van der Waals surface area (Å²) in [5, 5.41) is 20.7. The second kappa shape index (κ2) is 6.31. The first-order valence-corrected chi connectivity index (χ1v) is 10.6. The summed E-state index contributed by atoms with van der Waals surface area (Å²) in [6.45, 7) is 0. The Bertz CT molecular complexity index is 1110.